The van der Waals surface area contributed by atoms with Gasteiger partial charge in [-0.15, -0.1) is 0 Å². The minimum absolute atomic E-state index is 0.943. The van der Waals surface area contributed by atoms with Crippen molar-refractivity contribution in [2.24, 2.45) is 5.92 Å². The molecule has 0 heteroatoms. The van der Waals surface area contributed by atoms with Crippen LogP contribution in [0, 0.1) is 11.8 Å². The van der Waals surface area contributed by atoms with Crippen LogP contribution in [0.2, 0.25) is 0 Å². The van der Waals surface area contributed by atoms with E-state index in [-0.39, 0.29) is 0 Å². The van der Waals surface area contributed by atoms with Crippen LogP contribution in [-0.2, 0) is 0 Å². The molecule has 0 aliphatic carbocycles. The van der Waals surface area contributed by atoms with E-state index in [1.54, 1.807) is 0 Å². The van der Waals surface area contributed by atoms with Gasteiger partial charge in [-0.3, -0.25) is 0 Å². The van der Waals surface area contributed by atoms with Gasteiger partial charge in [0.2, 0.25) is 0 Å². The third-order valence-electron chi connectivity index (χ3n) is 3.82. The summed E-state index contributed by atoms with van der Waals surface area (Å²) in [5.74, 6) is 2.85. The second kappa shape index (κ2) is 12.5. The number of unbranched alkanes of at least 4 members (excludes halogenated alkanes) is 3. The molecule has 0 aromatic carbocycles. The molecule has 17 heavy (non-hydrogen) atoms. The Labute approximate surface area is 111 Å². The molecule has 0 aromatic rings. The molecular weight excluding hydrogens is 204 g/mol. The monoisotopic (exact) mass is 239 g/mol. The Hall–Kier alpha value is 0. The first-order valence-corrected chi connectivity index (χ1v) is 8.14. The molecule has 1 atom stereocenters. The molecule has 0 aromatic heterocycles. The minimum Gasteiger partial charge on any atom is -0.0654 e. The number of rotatable bonds is 12. The Morgan fingerprint density at radius 2 is 1.18 bits per heavy atom. The van der Waals surface area contributed by atoms with Crippen molar-refractivity contribution >= 4 is 0 Å². The smallest absolute Gasteiger partial charge is 0.0210 e. The van der Waals surface area contributed by atoms with Gasteiger partial charge in [0.15, 0.2) is 0 Å². The summed E-state index contributed by atoms with van der Waals surface area (Å²) in [7, 11) is 0. The lowest BCUT2D eigenvalue weighted by Gasteiger charge is -2.26. The van der Waals surface area contributed by atoms with Crippen molar-refractivity contribution in [3.05, 3.63) is 5.92 Å². The van der Waals surface area contributed by atoms with E-state index >= 15 is 0 Å². The summed E-state index contributed by atoms with van der Waals surface area (Å²) in [5.41, 5.74) is 0. The lowest BCUT2D eigenvalue weighted by molar-refractivity contribution is 0.393. The van der Waals surface area contributed by atoms with E-state index < -0.39 is 0 Å². The maximum atomic E-state index is 2.34. The van der Waals surface area contributed by atoms with Crippen LogP contribution in [0.4, 0.5) is 0 Å². The van der Waals surface area contributed by atoms with Gasteiger partial charge in [-0.25, -0.2) is 0 Å². The molecular formula is C17H35. The second-order valence-corrected chi connectivity index (χ2v) is 5.49. The van der Waals surface area contributed by atoms with Crippen LogP contribution >= 0.6 is 0 Å². The van der Waals surface area contributed by atoms with Crippen molar-refractivity contribution in [3.8, 4) is 0 Å². The molecule has 0 spiro atoms. The summed E-state index contributed by atoms with van der Waals surface area (Å²) in [6.07, 6.45) is 15.4. The summed E-state index contributed by atoms with van der Waals surface area (Å²) >= 11 is 0. The first-order valence-electron chi connectivity index (χ1n) is 8.14. The van der Waals surface area contributed by atoms with Gasteiger partial charge in [-0.1, -0.05) is 79.1 Å². The van der Waals surface area contributed by atoms with Crippen LogP contribution in [0.1, 0.15) is 98.3 Å². The Kier molecular flexibility index (Phi) is 12.5. The Balaban J connectivity index is 4.20. The average molecular weight is 239 g/mol. The maximum absolute atomic E-state index is 2.34. The quantitative estimate of drug-likeness (QED) is 0.362. The summed E-state index contributed by atoms with van der Waals surface area (Å²) in [6, 6.07) is 0. The lowest BCUT2D eigenvalue weighted by atomic mass is 9.79. The summed E-state index contributed by atoms with van der Waals surface area (Å²) in [5, 5.41) is 0. The number of hydrogen-bond donors (Lipinski definition) is 0. The van der Waals surface area contributed by atoms with Crippen molar-refractivity contribution in [3.63, 3.8) is 0 Å². The predicted octanol–water partition coefficient (Wildman–Crippen LogP) is 6.55. The topological polar surface area (TPSA) is 0 Å². The van der Waals surface area contributed by atoms with Crippen LogP contribution in [0.15, 0.2) is 0 Å². The van der Waals surface area contributed by atoms with E-state index in [9.17, 15) is 0 Å². The maximum Gasteiger partial charge on any atom is -0.0210 e. The largest absolute Gasteiger partial charge is 0.0654 e. The van der Waals surface area contributed by atoms with Gasteiger partial charge in [0.05, 0.1) is 0 Å². The molecule has 0 aliphatic rings. The van der Waals surface area contributed by atoms with Crippen LogP contribution in [0.25, 0.3) is 0 Å². The molecule has 1 unspecified atom stereocenters. The molecule has 0 bridgehead atoms. The van der Waals surface area contributed by atoms with Gasteiger partial charge in [-0.05, 0) is 31.1 Å². The highest BCUT2D eigenvalue weighted by molar-refractivity contribution is 4.96. The van der Waals surface area contributed by atoms with Gasteiger partial charge in [0, 0.05) is 0 Å². The Bertz CT molecular complexity index is 131. The molecule has 0 saturated heterocycles. The van der Waals surface area contributed by atoms with Crippen LogP contribution in [0.3, 0.4) is 0 Å². The van der Waals surface area contributed by atoms with Gasteiger partial charge in [0.25, 0.3) is 0 Å². The standard InChI is InChI=1S/C17H35/c1-5-9-13-16(12-8-4)17(14-10-6-2)15-11-7-3/h16H,5-15H2,1-4H3. The third-order valence-corrected chi connectivity index (χ3v) is 3.82. The fraction of sp³-hybridized carbons (Fsp3) is 0.941. The zero-order valence-corrected chi connectivity index (χ0v) is 12.9. The normalized spacial score (nSPS) is 13.2. The van der Waals surface area contributed by atoms with E-state index in [1.165, 1.54) is 70.6 Å². The second-order valence-electron chi connectivity index (χ2n) is 5.49. The SMILES string of the molecule is CCCC[C](CCCC)C(CCC)CCCC. The fourth-order valence-electron chi connectivity index (χ4n) is 2.69. The minimum atomic E-state index is 0.943. The molecule has 0 amide bonds. The highest BCUT2D eigenvalue weighted by atomic mass is 14.2. The molecule has 0 N–H and O–H groups in total. The molecule has 0 heterocycles. The first kappa shape index (κ1) is 17.0. The first-order chi connectivity index (χ1) is 8.29. The molecule has 0 rings (SSSR count). The highest BCUT2D eigenvalue weighted by Crippen LogP contribution is 2.33. The zero-order chi connectivity index (χ0) is 12.9. The molecule has 0 nitrogen and oxygen atoms in total. The van der Waals surface area contributed by atoms with Crippen molar-refractivity contribution in [1.29, 1.82) is 0 Å². The third kappa shape index (κ3) is 8.69. The molecule has 1 radical (unpaired) electrons. The Morgan fingerprint density at radius 1 is 0.647 bits per heavy atom. The molecule has 0 fully saturated rings. The molecule has 103 valence electrons. The Morgan fingerprint density at radius 3 is 1.59 bits per heavy atom. The van der Waals surface area contributed by atoms with E-state index in [0.717, 1.165) is 5.92 Å². The van der Waals surface area contributed by atoms with E-state index in [2.05, 4.69) is 27.7 Å². The molecule has 0 aliphatic heterocycles. The predicted molar refractivity (Wildman–Crippen MR) is 80.2 cm³/mol. The van der Waals surface area contributed by atoms with E-state index in [1.807, 2.05) is 5.92 Å². The van der Waals surface area contributed by atoms with Crippen molar-refractivity contribution in [1.82, 2.24) is 0 Å². The van der Waals surface area contributed by atoms with Gasteiger partial charge in [0.1, 0.15) is 0 Å². The summed E-state index contributed by atoms with van der Waals surface area (Å²) in [6.45, 7) is 9.30. The number of hydrogen-bond acceptors (Lipinski definition) is 0. The van der Waals surface area contributed by atoms with Gasteiger partial charge in [-0.2, -0.15) is 0 Å². The molecule has 0 saturated carbocycles. The van der Waals surface area contributed by atoms with Crippen LogP contribution < -0.4 is 0 Å². The lowest BCUT2D eigenvalue weighted by Crippen LogP contribution is -2.13. The average Bonchev–Trinajstić information content (AvgIpc) is 2.35. The van der Waals surface area contributed by atoms with Crippen LogP contribution in [-0.4, -0.2) is 0 Å². The zero-order valence-electron chi connectivity index (χ0n) is 12.9. The summed E-state index contributed by atoms with van der Waals surface area (Å²) < 4.78 is 0. The highest BCUT2D eigenvalue weighted by Gasteiger charge is 2.19. The fourth-order valence-corrected chi connectivity index (χ4v) is 2.69. The van der Waals surface area contributed by atoms with Crippen molar-refractivity contribution in [2.75, 3.05) is 0 Å². The van der Waals surface area contributed by atoms with Crippen LogP contribution in [0.5, 0.6) is 0 Å². The summed E-state index contributed by atoms with van der Waals surface area (Å²) in [4.78, 5) is 0. The van der Waals surface area contributed by atoms with Crippen molar-refractivity contribution in [2.45, 2.75) is 98.3 Å². The van der Waals surface area contributed by atoms with E-state index in [0.29, 0.717) is 0 Å². The van der Waals surface area contributed by atoms with Crippen molar-refractivity contribution < 1.29 is 0 Å². The van der Waals surface area contributed by atoms with Gasteiger partial charge >= 0.3 is 0 Å². The van der Waals surface area contributed by atoms with E-state index in [4.69, 9.17) is 0 Å². The van der Waals surface area contributed by atoms with Gasteiger partial charge < -0.3 is 0 Å².